The van der Waals surface area contributed by atoms with E-state index in [9.17, 15) is 5.11 Å². The van der Waals surface area contributed by atoms with Gasteiger partial charge in [-0.2, -0.15) is 0 Å². The van der Waals surface area contributed by atoms with E-state index in [-0.39, 0.29) is 23.2 Å². The van der Waals surface area contributed by atoms with Gasteiger partial charge in [0.2, 0.25) is 0 Å². The van der Waals surface area contributed by atoms with Gasteiger partial charge in [0.15, 0.2) is 0 Å². The van der Waals surface area contributed by atoms with Gasteiger partial charge in [-0.25, -0.2) is 0 Å². The van der Waals surface area contributed by atoms with Crippen LogP contribution in [0.5, 0.6) is 0 Å². The number of hydrogen-bond donors (Lipinski definition) is 0. The average Bonchev–Trinajstić information content (AvgIpc) is 2.37. The number of hydrogen-bond acceptors (Lipinski definition) is 6. The molecular formula is C12H23CuN3O4. The summed E-state index contributed by atoms with van der Waals surface area (Å²) in [5.41, 5.74) is 0. The molecule has 0 aromatic rings. The van der Waals surface area contributed by atoms with Gasteiger partial charge in [0.1, 0.15) is 0 Å². The first-order valence-electron chi connectivity index (χ1n) is 7.00. The largest absolute Gasteiger partial charge is 2.00 e. The summed E-state index contributed by atoms with van der Waals surface area (Å²) in [6.07, 6.45) is 5.81. The molecule has 20 heavy (non-hydrogen) atoms. The summed E-state index contributed by atoms with van der Waals surface area (Å²) >= 11 is 0. The first-order valence-corrected chi connectivity index (χ1v) is 7.00. The summed E-state index contributed by atoms with van der Waals surface area (Å²) in [4.78, 5) is 13.2. The minimum absolute atomic E-state index is 0. The maximum absolute atomic E-state index is 11.4. The van der Waals surface area contributed by atoms with Gasteiger partial charge in [0, 0.05) is 13.1 Å². The fourth-order valence-electron chi connectivity index (χ4n) is 2.68. The van der Waals surface area contributed by atoms with Gasteiger partial charge < -0.3 is 30.2 Å². The maximum atomic E-state index is 11.4. The number of piperidine rings is 2. The zero-order valence-corrected chi connectivity index (χ0v) is 12.6. The summed E-state index contributed by atoms with van der Waals surface area (Å²) in [5.74, 6) is 0. The van der Waals surface area contributed by atoms with Crippen molar-refractivity contribution < 1.29 is 27.3 Å². The van der Waals surface area contributed by atoms with Crippen molar-refractivity contribution in [2.75, 3.05) is 39.3 Å². The van der Waals surface area contributed by atoms with Crippen LogP contribution in [0.4, 0.5) is 0 Å². The van der Waals surface area contributed by atoms with Crippen LogP contribution < -0.4 is 5.11 Å². The van der Waals surface area contributed by atoms with Crippen molar-refractivity contribution in [3.8, 4) is 0 Å². The minimum atomic E-state index is -1.75. The van der Waals surface area contributed by atoms with Gasteiger partial charge in [-0.05, 0) is 45.4 Å². The van der Waals surface area contributed by atoms with Gasteiger partial charge in [0.25, 0.3) is 0 Å². The van der Waals surface area contributed by atoms with Crippen LogP contribution in [-0.2, 0) is 17.1 Å². The molecule has 0 aromatic heterocycles. The molecule has 2 heterocycles. The summed E-state index contributed by atoms with van der Waals surface area (Å²) in [7, 11) is 0. The summed E-state index contributed by atoms with van der Waals surface area (Å²) in [6, 6.07) is 0. The molecule has 0 aromatic carbocycles. The Morgan fingerprint density at radius 1 is 0.950 bits per heavy atom. The average molecular weight is 337 g/mol. The van der Waals surface area contributed by atoms with E-state index in [0.717, 1.165) is 32.5 Å². The zero-order valence-electron chi connectivity index (χ0n) is 11.6. The standard InChI is InChI=1S/C12H23N2O.Cu.NO3/c15-12-5-4-8-14(11-12)10-9-13-6-2-1-3-7-13;;2-1(3)4/h12H,1-11H2;;/q-1;+2;-1. The Bertz CT molecular complexity index is 261. The van der Waals surface area contributed by atoms with Crippen LogP contribution in [0.25, 0.3) is 0 Å². The first kappa shape index (κ1) is 19.6. The molecule has 0 N–H and O–H groups in total. The van der Waals surface area contributed by atoms with Crippen molar-refractivity contribution in [3.05, 3.63) is 15.3 Å². The molecule has 2 aliphatic heterocycles. The van der Waals surface area contributed by atoms with Crippen molar-refractivity contribution in [3.63, 3.8) is 0 Å². The summed E-state index contributed by atoms with van der Waals surface area (Å²) in [6.45, 7) is 6.76. The second-order valence-corrected chi connectivity index (χ2v) is 5.19. The van der Waals surface area contributed by atoms with Crippen molar-refractivity contribution in [2.45, 2.75) is 38.2 Å². The van der Waals surface area contributed by atoms with E-state index in [1.54, 1.807) is 0 Å². The molecule has 2 aliphatic rings. The van der Waals surface area contributed by atoms with Crippen LogP contribution in [0.15, 0.2) is 0 Å². The van der Waals surface area contributed by atoms with Gasteiger partial charge in [0.05, 0.1) is 5.09 Å². The molecule has 1 atom stereocenters. The number of likely N-dealkylation sites (tertiary alicyclic amines) is 2. The van der Waals surface area contributed by atoms with Crippen LogP contribution in [0.3, 0.4) is 0 Å². The molecule has 8 heteroatoms. The molecule has 0 saturated carbocycles. The molecule has 121 valence electrons. The van der Waals surface area contributed by atoms with Gasteiger partial charge in [-0.15, -0.1) is 6.10 Å². The van der Waals surface area contributed by atoms with Gasteiger partial charge >= 0.3 is 17.1 Å². The Morgan fingerprint density at radius 3 is 2.00 bits per heavy atom. The quantitative estimate of drug-likeness (QED) is 0.410. The number of nitrogens with zero attached hydrogens (tertiary/aromatic N) is 3. The number of rotatable bonds is 3. The predicted octanol–water partition coefficient (Wildman–Crippen LogP) is 0.0554. The topological polar surface area (TPSA) is 95.7 Å². The van der Waals surface area contributed by atoms with Crippen molar-refractivity contribution in [1.82, 2.24) is 9.80 Å². The zero-order chi connectivity index (χ0) is 14.1. The van der Waals surface area contributed by atoms with Crippen molar-refractivity contribution in [2.24, 2.45) is 0 Å². The Kier molecular flexibility index (Phi) is 11.1. The van der Waals surface area contributed by atoms with Gasteiger partial charge in [-0.3, -0.25) is 0 Å². The van der Waals surface area contributed by atoms with Crippen LogP contribution in [0.1, 0.15) is 32.1 Å². The van der Waals surface area contributed by atoms with Crippen molar-refractivity contribution in [1.29, 1.82) is 0 Å². The maximum Gasteiger partial charge on any atom is 2.00 e. The molecular weight excluding hydrogens is 314 g/mol. The molecule has 2 fully saturated rings. The molecule has 7 nitrogen and oxygen atoms in total. The second-order valence-electron chi connectivity index (χ2n) is 5.19. The molecule has 2 rings (SSSR count). The normalized spacial score (nSPS) is 24.1. The molecule has 2 saturated heterocycles. The van der Waals surface area contributed by atoms with E-state index >= 15 is 0 Å². The molecule has 0 amide bonds. The summed E-state index contributed by atoms with van der Waals surface area (Å²) < 4.78 is 0. The Morgan fingerprint density at radius 2 is 1.45 bits per heavy atom. The Hall–Kier alpha value is -0.401. The smallest absolute Gasteiger partial charge is 0.851 e. The summed E-state index contributed by atoms with van der Waals surface area (Å²) in [5, 5.41) is 26.1. The fraction of sp³-hybridized carbons (Fsp3) is 1.00. The fourth-order valence-corrected chi connectivity index (χ4v) is 2.68. The van der Waals surface area contributed by atoms with Crippen LogP contribution in [0.2, 0.25) is 0 Å². The molecule has 1 radical (unpaired) electrons. The van der Waals surface area contributed by atoms with E-state index in [1.165, 1.54) is 38.9 Å². The van der Waals surface area contributed by atoms with E-state index < -0.39 is 5.09 Å². The van der Waals surface area contributed by atoms with Crippen molar-refractivity contribution >= 4 is 0 Å². The van der Waals surface area contributed by atoms with E-state index in [0.29, 0.717) is 0 Å². The third-order valence-electron chi connectivity index (χ3n) is 3.64. The predicted molar refractivity (Wildman–Crippen MR) is 70.1 cm³/mol. The van der Waals surface area contributed by atoms with Gasteiger partial charge in [-0.1, -0.05) is 12.8 Å². The van der Waals surface area contributed by atoms with Crippen LogP contribution >= 0.6 is 0 Å². The molecule has 1 unspecified atom stereocenters. The van der Waals surface area contributed by atoms with Crippen LogP contribution in [0, 0.1) is 15.3 Å². The van der Waals surface area contributed by atoms with E-state index in [4.69, 9.17) is 15.3 Å². The SMILES string of the molecule is O=[N+]([O-])[O-].[Cu+2].[O-]C1CCCN(CCN2CCCCC2)C1. The third kappa shape index (κ3) is 9.49. The molecule has 0 spiro atoms. The monoisotopic (exact) mass is 336 g/mol. The Balaban J connectivity index is 0.000000644. The van der Waals surface area contributed by atoms with Crippen LogP contribution in [-0.4, -0.2) is 60.3 Å². The third-order valence-corrected chi connectivity index (χ3v) is 3.64. The second kappa shape index (κ2) is 11.3. The minimum Gasteiger partial charge on any atom is -0.851 e. The van der Waals surface area contributed by atoms with E-state index in [1.807, 2.05) is 0 Å². The first-order chi connectivity index (χ1) is 9.08. The molecule has 0 aliphatic carbocycles. The van der Waals surface area contributed by atoms with E-state index in [2.05, 4.69) is 9.80 Å². The molecule has 0 bridgehead atoms. The Labute approximate surface area is 130 Å².